The molecule has 2 aromatic rings. The molecule has 106 valence electrons. The van der Waals surface area contributed by atoms with Crippen molar-refractivity contribution < 1.29 is 9.66 Å². The maximum Gasteiger partial charge on any atom is 0.292 e. The topological polar surface area (TPSA) is 82.2 Å². The minimum atomic E-state index is -0.411. The number of hydrogen-bond acceptors (Lipinski definition) is 5. The number of anilines is 1. The van der Waals surface area contributed by atoms with Crippen LogP contribution in [0.1, 0.15) is 5.56 Å². The van der Waals surface area contributed by atoms with Gasteiger partial charge in [-0.25, -0.2) is 0 Å². The molecular formula is C13H16N4O3. The normalized spacial score (nSPS) is 10.3. The second-order valence-electron chi connectivity index (χ2n) is 4.34. The number of methoxy groups -OCH3 is 1. The highest BCUT2D eigenvalue weighted by molar-refractivity contribution is 5.64. The summed E-state index contributed by atoms with van der Waals surface area (Å²) in [6.07, 6.45) is 4.44. The van der Waals surface area contributed by atoms with Gasteiger partial charge in [-0.1, -0.05) is 0 Å². The van der Waals surface area contributed by atoms with E-state index in [0.29, 0.717) is 18.0 Å². The van der Waals surface area contributed by atoms with Crippen LogP contribution in [-0.2, 0) is 13.5 Å². The molecule has 0 bridgehead atoms. The molecule has 1 aromatic heterocycles. The monoisotopic (exact) mass is 276 g/mol. The highest BCUT2D eigenvalue weighted by atomic mass is 16.6. The number of nitro benzene ring substituents is 1. The summed E-state index contributed by atoms with van der Waals surface area (Å²) in [7, 11) is 3.38. The lowest BCUT2D eigenvalue weighted by molar-refractivity contribution is -0.384. The van der Waals surface area contributed by atoms with Crippen molar-refractivity contribution in [2.75, 3.05) is 19.0 Å². The first-order chi connectivity index (χ1) is 9.60. The van der Waals surface area contributed by atoms with E-state index in [-0.39, 0.29) is 5.69 Å². The maximum absolute atomic E-state index is 11.0. The van der Waals surface area contributed by atoms with Crippen LogP contribution in [0.25, 0.3) is 0 Å². The molecule has 7 heteroatoms. The number of hydrogen-bond donors (Lipinski definition) is 1. The summed E-state index contributed by atoms with van der Waals surface area (Å²) in [5.41, 5.74) is 1.57. The maximum atomic E-state index is 11.0. The summed E-state index contributed by atoms with van der Waals surface area (Å²) < 4.78 is 6.81. The predicted octanol–water partition coefficient (Wildman–Crippen LogP) is 1.99. The Labute approximate surface area is 116 Å². The van der Waals surface area contributed by atoms with Crippen LogP contribution in [0.3, 0.4) is 0 Å². The van der Waals surface area contributed by atoms with E-state index in [2.05, 4.69) is 10.4 Å². The number of benzene rings is 1. The van der Waals surface area contributed by atoms with E-state index in [1.165, 1.54) is 13.2 Å². The van der Waals surface area contributed by atoms with Gasteiger partial charge in [0, 0.05) is 31.9 Å². The smallest absolute Gasteiger partial charge is 0.292 e. The molecule has 0 spiro atoms. The van der Waals surface area contributed by atoms with Crippen LogP contribution in [0.5, 0.6) is 5.75 Å². The van der Waals surface area contributed by atoms with Gasteiger partial charge >= 0.3 is 0 Å². The predicted molar refractivity (Wildman–Crippen MR) is 75.1 cm³/mol. The van der Waals surface area contributed by atoms with E-state index in [4.69, 9.17) is 4.74 Å². The standard InChI is InChI=1S/C13H16N4O3/c1-16-9-10(8-15-16)5-6-14-12-7-11(20-2)3-4-13(12)17(18)19/h3-4,7-9,14H,5-6H2,1-2H3. The molecule has 0 saturated carbocycles. The number of aryl methyl sites for hydroxylation is 1. The Balaban J connectivity index is 2.05. The number of rotatable bonds is 6. The molecule has 0 aliphatic rings. The highest BCUT2D eigenvalue weighted by Crippen LogP contribution is 2.28. The van der Waals surface area contributed by atoms with Crippen molar-refractivity contribution in [1.29, 1.82) is 0 Å². The van der Waals surface area contributed by atoms with Crippen molar-refractivity contribution in [1.82, 2.24) is 9.78 Å². The fourth-order valence-corrected chi connectivity index (χ4v) is 1.89. The summed E-state index contributed by atoms with van der Waals surface area (Å²) in [6, 6.07) is 4.64. The van der Waals surface area contributed by atoms with Gasteiger partial charge in [0.05, 0.1) is 18.2 Å². The number of nitrogens with zero attached hydrogens (tertiary/aromatic N) is 3. The Hall–Kier alpha value is -2.57. The average Bonchev–Trinajstić information content (AvgIpc) is 2.84. The summed E-state index contributed by atoms with van der Waals surface area (Å²) in [5.74, 6) is 0.583. The van der Waals surface area contributed by atoms with Crippen LogP contribution in [0, 0.1) is 10.1 Å². The molecule has 0 radical (unpaired) electrons. The third kappa shape index (κ3) is 3.25. The molecule has 0 atom stereocenters. The minimum absolute atomic E-state index is 0.0389. The van der Waals surface area contributed by atoms with Crippen molar-refractivity contribution in [3.63, 3.8) is 0 Å². The van der Waals surface area contributed by atoms with E-state index >= 15 is 0 Å². The van der Waals surface area contributed by atoms with E-state index in [9.17, 15) is 10.1 Å². The molecule has 0 saturated heterocycles. The fourth-order valence-electron chi connectivity index (χ4n) is 1.89. The largest absolute Gasteiger partial charge is 0.497 e. The molecule has 0 aliphatic heterocycles. The summed E-state index contributed by atoms with van der Waals surface area (Å²) in [6.45, 7) is 0.583. The van der Waals surface area contributed by atoms with E-state index in [1.54, 1.807) is 23.0 Å². The summed E-state index contributed by atoms with van der Waals surface area (Å²) >= 11 is 0. The second kappa shape index (κ2) is 6.05. The van der Waals surface area contributed by atoms with Crippen LogP contribution in [-0.4, -0.2) is 28.4 Å². The van der Waals surface area contributed by atoms with Crippen LogP contribution in [0.4, 0.5) is 11.4 Å². The Morgan fingerprint density at radius 3 is 2.90 bits per heavy atom. The molecule has 7 nitrogen and oxygen atoms in total. The molecule has 0 fully saturated rings. The Kier molecular flexibility index (Phi) is 4.19. The van der Waals surface area contributed by atoms with Gasteiger partial charge in [0.2, 0.25) is 0 Å². The zero-order chi connectivity index (χ0) is 14.5. The van der Waals surface area contributed by atoms with Gasteiger partial charge in [-0.2, -0.15) is 5.10 Å². The Morgan fingerprint density at radius 1 is 1.50 bits per heavy atom. The molecule has 0 unspecified atom stereocenters. The van der Waals surface area contributed by atoms with Gasteiger partial charge < -0.3 is 10.1 Å². The van der Waals surface area contributed by atoms with Gasteiger partial charge in [0.1, 0.15) is 11.4 Å². The Bertz CT molecular complexity index is 609. The highest BCUT2D eigenvalue weighted by Gasteiger charge is 2.14. The molecule has 1 N–H and O–H groups in total. The average molecular weight is 276 g/mol. The van der Waals surface area contributed by atoms with Crippen molar-refractivity contribution in [3.05, 3.63) is 46.3 Å². The molecule has 20 heavy (non-hydrogen) atoms. The van der Waals surface area contributed by atoms with Crippen molar-refractivity contribution in [3.8, 4) is 5.75 Å². The lowest BCUT2D eigenvalue weighted by Crippen LogP contribution is -2.06. The van der Waals surface area contributed by atoms with E-state index < -0.39 is 4.92 Å². The van der Waals surface area contributed by atoms with Crippen LogP contribution in [0.15, 0.2) is 30.6 Å². The lowest BCUT2D eigenvalue weighted by atomic mass is 10.2. The van der Waals surface area contributed by atoms with Crippen molar-refractivity contribution >= 4 is 11.4 Å². The Morgan fingerprint density at radius 2 is 2.30 bits per heavy atom. The third-order valence-electron chi connectivity index (χ3n) is 2.89. The van der Waals surface area contributed by atoms with Crippen molar-refractivity contribution in [2.45, 2.75) is 6.42 Å². The molecule has 0 amide bonds. The SMILES string of the molecule is COc1ccc([N+](=O)[O-])c(NCCc2cnn(C)c2)c1. The summed E-state index contributed by atoms with van der Waals surface area (Å²) in [5, 5.41) is 18.1. The minimum Gasteiger partial charge on any atom is -0.497 e. The van der Waals surface area contributed by atoms with E-state index in [1.807, 2.05) is 13.2 Å². The first-order valence-corrected chi connectivity index (χ1v) is 6.14. The lowest BCUT2D eigenvalue weighted by Gasteiger charge is -2.08. The number of nitro groups is 1. The van der Waals surface area contributed by atoms with Gasteiger partial charge in [0.15, 0.2) is 0 Å². The molecular weight excluding hydrogens is 260 g/mol. The van der Waals surface area contributed by atoms with Gasteiger partial charge in [0.25, 0.3) is 5.69 Å². The summed E-state index contributed by atoms with van der Waals surface area (Å²) in [4.78, 5) is 10.6. The van der Waals surface area contributed by atoms with Crippen LogP contribution >= 0.6 is 0 Å². The van der Waals surface area contributed by atoms with E-state index in [0.717, 1.165) is 12.0 Å². The van der Waals surface area contributed by atoms with Gasteiger partial charge in [-0.3, -0.25) is 14.8 Å². The molecule has 1 heterocycles. The fraction of sp³-hybridized carbons (Fsp3) is 0.308. The number of nitrogens with one attached hydrogen (secondary N) is 1. The van der Waals surface area contributed by atoms with Gasteiger partial charge in [-0.15, -0.1) is 0 Å². The van der Waals surface area contributed by atoms with Crippen LogP contribution in [0.2, 0.25) is 0 Å². The zero-order valence-corrected chi connectivity index (χ0v) is 11.4. The number of ether oxygens (including phenoxy) is 1. The second-order valence-corrected chi connectivity index (χ2v) is 4.34. The molecule has 1 aromatic carbocycles. The third-order valence-corrected chi connectivity index (χ3v) is 2.89. The first kappa shape index (κ1) is 13.9. The van der Waals surface area contributed by atoms with Gasteiger partial charge in [-0.05, 0) is 18.1 Å². The van der Waals surface area contributed by atoms with Crippen LogP contribution < -0.4 is 10.1 Å². The molecule has 0 aliphatic carbocycles. The zero-order valence-electron chi connectivity index (χ0n) is 11.4. The quantitative estimate of drug-likeness (QED) is 0.644. The molecule has 2 rings (SSSR count). The first-order valence-electron chi connectivity index (χ1n) is 6.14. The number of aromatic nitrogens is 2. The van der Waals surface area contributed by atoms with Crippen molar-refractivity contribution in [2.24, 2.45) is 7.05 Å².